The number of primary amides is 1. The van der Waals surface area contributed by atoms with Gasteiger partial charge in [-0.2, -0.15) is 0 Å². The molecule has 0 spiro atoms. The Morgan fingerprint density at radius 2 is 2.11 bits per heavy atom. The fourth-order valence-corrected chi connectivity index (χ4v) is 1.43. The summed E-state index contributed by atoms with van der Waals surface area (Å²) in [6, 6.07) is 3.63. The summed E-state index contributed by atoms with van der Waals surface area (Å²) >= 11 is 0. The third-order valence-electron chi connectivity index (χ3n) is 2.24. The van der Waals surface area contributed by atoms with Crippen molar-refractivity contribution in [2.24, 2.45) is 5.73 Å². The highest BCUT2D eigenvalue weighted by Gasteiger charge is 2.20. The first-order chi connectivity index (χ1) is 8.32. The monoisotopic (exact) mass is 253 g/mol. The summed E-state index contributed by atoms with van der Waals surface area (Å²) in [6.45, 7) is -0.392. The molecular weight excluding hydrogens is 242 g/mol. The first kappa shape index (κ1) is 13.4. The van der Waals surface area contributed by atoms with Crippen LogP contribution in [0.3, 0.4) is 0 Å². The van der Waals surface area contributed by atoms with Crippen LogP contribution >= 0.6 is 0 Å². The van der Waals surface area contributed by atoms with Crippen LogP contribution in [0.1, 0.15) is 10.4 Å². The lowest BCUT2D eigenvalue weighted by atomic mass is 10.1. The Morgan fingerprint density at radius 1 is 1.50 bits per heavy atom. The molecule has 3 N–H and O–H groups in total. The Morgan fingerprint density at radius 3 is 2.56 bits per heavy atom. The van der Waals surface area contributed by atoms with E-state index in [0.29, 0.717) is 0 Å². The van der Waals surface area contributed by atoms with Gasteiger partial charge in [-0.1, -0.05) is 0 Å². The average molecular weight is 253 g/mol. The minimum absolute atomic E-state index is 0.00539. The Labute approximate surface area is 102 Å². The Balaban J connectivity index is 3.23. The number of nitrogens with zero attached hydrogens (tertiary/aromatic N) is 2. The number of carbonyl (C=O) groups is 2. The molecule has 0 saturated carbocycles. The van der Waals surface area contributed by atoms with Crippen LogP contribution in [0.4, 0.5) is 11.4 Å². The molecule has 0 bridgehead atoms. The van der Waals surface area contributed by atoms with E-state index in [9.17, 15) is 19.7 Å². The number of likely N-dealkylation sites (N-methyl/N-ethyl adjacent to an activating group) is 1. The third-order valence-corrected chi connectivity index (χ3v) is 2.24. The number of anilines is 1. The van der Waals surface area contributed by atoms with E-state index in [2.05, 4.69) is 0 Å². The zero-order chi connectivity index (χ0) is 13.9. The van der Waals surface area contributed by atoms with Gasteiger partial charge in [-0.3, -0.25) is 19.7 Å². The predicted molar refractivity (Wildman–Crippen MR) is 62.5 cm³/mol. The predicted octanol–water partition coefficient (Wildman–Crippen LogP) is 0.215. The zero-order valence-corrected chi connectivity index (χ0v) is 9.49. The van der Waals surface area contributed by atoms with Gasteiger partial charge in [-0.15, -0.1) is 0 Å². The summed E-state index contributed by atoms with van der Waals surface area (Å²) in [5, 5.41) is 19.5. The number of carboxylic acids is 1. The number of carbonyl (C=O) groups excluding carboxylic acids is 1. The molecule has 0 fully saturated rings. The van der Waals surface area contributed by atoms with Gasteiger partial charge in [0.1, 0.15) is 12.2 Å². The number of benzene rings is 1. The lowest BCUT2D eigenvalue weighted by Gasteiger charge is -2.16. The maximum atomic E-state index is 10.9. The highest BCUT2D eigenvalue weighted by Crippen LogP contribution is 2.28. The van der Waals surface area contributed by atoms with Crippen LogP contribution < -0.4 is 10.6 Å². The minimum atomic E-state index is -1.12. The van der Waals surface area contributed by atoms with E-state index in [0.717, 1.165) is 6.07 Å². The molecule has 1 rings (SSSR count). The largest absolute Gasteiger partial charge is 0.480 e. The first-order valence-corrected chi connectivity index (χ1v) is 4.84. The number of hydrogen-bond acceptors (Lipinski definition) is 5. The van der Waals surface area contributed by atoms with Gasteiger partial charge in [-0.25, -0.2) is 0 Å². The van der Waals surface area contributed by atoms with E-state index in [4.69, 9.17) is 10.8 Å². The van der Waals surface area contributed by atoms with Crippen molar-refractivity contribution in [1.29, 1.82) is 0 Å². The highest BCUT2D eigenvalue weighted by atomic mass is 16.6. The molecular formula is C10H11N3O5. The molecule has 0 atom stereocenters. The standard InChI is InChI=1S/C10H11N3O5/c1-12(5-9(14)15)7-3-2-6(10(11)16)4-8(7)13(17)18/h2-4H,5H2,1H3,(H2,11,16)(H,14,15). The minimum Gasteiger partial charge on any atom is -0.480 e. The summed E-state index contributed by atoms with van der Waals surface area (Å²) in [4.78, 5) is 32.9. The number of rotatable bonds is 5. The van der Waals surface area contributed by atoms with Crippen molar-refractivity contribution in [3.05, 3.63) is 33.9 Å². The lowest BCUT2D eigenvalue weighted by Crippen LogP contribution is -2.26. The second-order valence-corrected chi connectivity index (χ2v) is 3.57. The maximum Gasteiger partial charge on any atom is 0.323 e. The van der Waals surface area contributed by atoms with E-state index >= 15 is 0 Å². The van der Waals surface area contributed by atoms with Crippen LogP contribution in [0.15, 0.2) is 18.2 Å². The third kappa shape index (κ3) is 2.94. The summed E-state index contributed by atoms with van der Waals surface area (Å²) in [5.41, 5.74) is 4.75. The van der Waals surface area contributed by atoms with Crippen molar-refractivity contribution in [2.75, 3.05) is 18.5 Å². The Hall–Kier alpha value is -2.64. The van der Waals surface area contributed by atoms with Crippen molar-refractivity contribution < 1.29 is 19.6 Å². The summed E-state index contributed by atoms with van der Waals surface area (Å²) in [5.74, 6) is -1.91. The van der Waals surface area contributed by atoms with E-state index in [1.165, 1.54) is 24.1 Å². The SMILES string of the molecule is CN(CC(=O)O)c1ccc(C(N)=O)cc1[N+](=O)[O-]. The molecule has 1 aromatic carbocycles. The van der Waals surface area contributed by atoms with Gasteiger partial charge >= 0.3 is 5.97 Å². The summed E-state index contributed by atoms with van der Waals surface area (Å²) in [6.07, 6.45) is 0. The molecule has 96 valence electrons. The Bertz CT molecular complexity index is 514. The average Bonchev–Trinajstić information content (AvgIpc) is 2.26. The van der Waals surface area contributed by atoms with Crippen molar-refractivity contribution in [3.63, 3.8) is 0 Å². The quantitative estimate of drug-likeness (QED) is 0.570. The molecule has 0 aliphatic rings. The molecule has 1 aromatic rings. The van der Waals surface area contributed by atoms with Gasteiger partial charge in [0.05, 0.1) is 4.92 Å². The van der Waals surface area contributed by atoms with Gasteiger partial charge in [0.25, 0.3) is 5.69 Å². The van der Waals surface area contributed by atoms with E-state index in [1.54, 1.807) is 0 Å². The van der Waals surface area contributed by atoms with Crippen LogP contribution in [0, 0.1) is 10.1 Å². The fourth-order valence-electron chi connectivity index (χ4n) is 1.43. The number of aliphatic carboxylic acids is 1. The topological polar surface area (TPSA) is 127 Å². The second-order valence-electron chi connectivity index (χ2n) is 3.57. The molecule has 0 saturated heterocycles. The van der Waals surface area contributed by atoms with Crippen LogP contribution in [-0.2, 0) is 4.79 Å². The normalized spacial score (nSPS) is 9.83. The molecule has 0 unspecified atom stereocenters. The second kappa shape index (κ2) is 5.13. The molecule has 0 aromatic heterocycles. The van der Waals surface area contributed by atoms with Crippen LogP contribution in [0.25, 0.3) is 0 Å². The molecule has 0 aliphatic carbocycles. The molecule has 8 nitrogen and oxygen atoms in total. The van der Waals surface area contributed by atoms with Crippen LogP contribution in [0.5, 0.6) is 0 Å². The molecule has 0 aliphatic heterocycles. The van der Waals surface area contributed by atoms with E-state index in [1.807, 2.05) is 0 Å². The highest BCUT2D eigenvalue weighted by molar-refractivity contribution is 5.94. The van der Waals surface area contributed by atoms with Crippen molar-refractivity contribution >= 4 is 23.3 Å². The van der Waals surface area contributed by atoms with Crippen LogP contribution in [0.2, 0.25) is 0 Å². The van der Waals surface area contributed by atoms with E-state index < -0.39 is 23.3 Å². The molecule has 1 amide bonds. The molecule has 8 heteroatoms. The summed E-state index contributed by atoms with van der Waals surface area (Å²) < 4.78 is 0. The number of nitrogens with two attached hydrogens (primary N) is 1. The van der Waals surface area contributed by atoms with Crippen molar-refractivity contribution in [2.45, 2.75) is 0 Å². The number of nitro benzene ring substituents is 1. The van der Waals surface area contributed by atoms with Gasteiger partial charge in [0, 0.05) is 18.7 Å². The van der Waals surface area contributed by atoms with Gasteiger partial charge < -0.3 is 15.7 Å². The number of hydrogen-bond donors (Lipinski definition) is 2. The number of carboxylic acid groups (broad SMARTS) is 1. The smallest absolute Gasteiger partial charge is 0.323 e. The number of amides is 1. The zero-order valence-electron chi connectivity index (χ0n) is 9.49. The van der Waals surface area contributed by atoms with Gasteiger partial charge in [0.2, 0.25) is 5.91 Å². The van der Waals surface area contributed by atoms with Crippen molar-refractivity contribution in [1.82, 2.24) is 0 Å². The van der Waals surface area contributed by atoms with Crippen molar-refractivity contribution in [3.8, 4) is 0 Å². The van der Waals surface area contributed by atoms with Crippen LogP contribution in [-0.4, -0.2) is 35.5 Å². The first-order valence-electron chi connectivity index (χ1n) is 4.84. The number of nitro groups is 1. The molecule has 18 heavy (non-hydrogen) atoms. The Kier molecular flexibility index (Phi) is 3.82. The van der Waals surface area contributed by atoms with Gasteiger partial charge in [-0.05, 0) is 12.1 Å². The summed E-state index contributed by atoms with van der Waals surface area (Å²) in [7, 11) is 1.40. The van der Waals surface area contributed by atoms with E-state index in [-0.39, 0.29) is 16.9 Å². The fraction of sp³-hybridized carbons (Fsp3) is 0.200. The van der Waals surface area contributed by atoms with Gasteiger partial charge in [0.15, 0.2) is 0 Å². The maximum absolute atomic E-state index is 10.9. The molecule has 0 radical (unpaired) electrons. The lowest BCUT2D eigenvalue weighted by molar-refractivity contribution is -0.384. The molecule has 0 heterocycles.